The Bertz CT molecular complexity index is 1070. The lowest BCUT2D eigenvalue weighted by molar-refractivity contribution is -0.144. The summed E-state index contributed by atoms with van der Waals surface area (Å²) in [4.78, 5) is 32.6. The molecule has 34 heavy (non-hydrogen) atoms. The van der Waals surface area contributed by atoms with Gasteiger partial charge in [0.15, 0.2) is 0 Å². The van der Waals surface area contributed by atoms with E-state index in [1.165, 1.54) is 17.9 Å². The minimum Gasteiger partial charge on any atom is -0.588 e. The van der Waals surface area contributed by atoms with Crippen LogP contribution in [0.3, 0.4) is 0 Å². The Morgan fingerprint density at radius 1 is 1.29 bits per heavy atom. The van der Waals surface area contributed by atoms with E-state index in [1.54, 1.807) is 18.2 Å². The summed E-state index contributed by atoms with van der Waals surface area (Å²) in [6.45, 7) is 5.22. The summed E-state index contributed by atoms with van der Waals surface area (Å²) in [5, 5.41) is 6.75. The molecule has 1 aliphatic rings. The fourth-order valence-corrected chi connectivity index (χ4v) is 3.88. The summed E-state index contributed by atoms with van der Waals surface area (Å²) in [7, 11) is 0. The SMILES string of the molecule is C=C[S+]([O-])Nc1ccccc1Nc1nc(N[C@H]2CCCN(C(=O)C(C)=O)C2)ncc1C(F)(F)F. The predicted molar refractivity (Wildman–Crippen MR) is 123 cm³/mol. The van der Waals surface area contributed by atoms with Crippen LogP contribution in [0.5, 0.6) is 0 Å². The molecule has 0 bridgehead atoms. The van der Waals surface area contributed by atoms with Crippen molar-refractivity contribution in [3.05, 3.63) is 48.0 Å². The number of piperidine rings is 1. The second-order valence-electron chi connectivity index (χ2n) is 7.48. The number of carbonyl (C=O) groups is 2. The minimum atomic E-state index is -4.73. The van der Waals surface area contributed by atoms with Gasteiger partial charge in [0.25, 0.3) is 5.91 Å². The summed E-state index contributed by atoms with van der Waals surface area (Å²) in [5.41, 5.74) is -0.592. The van der Waals surface area contributed by atoms with Crippen LogP contribution in [0.2, 0.25) is 0 Å². The minimum absolute atomic E-state index is 0.0715. The van der Waals surface area contributed by atoms with E-state index in [2.05, 4.69) is 31.9 Å². The molecule has 13 heteroatoms. The Morgan fingerprint density at radius 2 is 2.00 bits per heavy atom. The van der Waals surface area contributed by atoms with Crippen molar-refractivity contribution in [2.75, 3.05) is 28.4 Å². The molecule has 0 radical (unpaired) electrons. The highest BCUT2D eigenvalue weighted by molar-refractivity contribution is 7.95. The molecule has 3 rings (SSSR count). The number of halogens is 3. The molecule has 1 amide bonds. The van der Waals surface area contributed by atoms with Crippen molar-refractivity contribution in [3.8, 4) is 0 Å². The van der Waals surface area contributed by atoms with Gasteiger partial charge in [0.1, 0.15) is 22.5 Å². The van der Waals surface area contributed by atoms with Crippen LogP contribution >= 0.6 is 0 Å². The molecule has 0 saturated carbocycles. The molecule has 1 aliphatic heterocycles. The smallest absolute Gasteiger partial charge is 0.421 e. The number of amides is 1. The molecule has 1 aromatic heterocycles. The number of nitrogens with zero attached hydrogens (tertiary/aromatic N) is 3. The Kier molecular flexibility index (Phi) is 7.99. The summed E-state index contributed by atoms with van der Waals surface area (Å²) in [6.07, 6.45) is -2.84. The van der Waals surface area contributed by atoms with Crippen LogP contribution < -0.4 is 15.4 Å². The first kappa shape index (κ1) is 25.3. The Morgan fingerprint density at radius 3 is 2.65 bits per heavy atom. The lowest BCUT2D eigenvalue weighted by atomic mass is 10.1. The standard InChI is InChI=1S/C21H23F3N6O3S/c1-3-34(33)29-17-9-5-4-8-16(17)27-18-15(21(22,23)24)11-25-20(28-18)26-14-7-6-10-30(12-14)19(32)13(2)31/h3-5,8-9,11,14,29H,1,6-7,10,12H2,2H3,(H2,25,26,27,28)/t14-,34?/m0/s1. The molecule has 3 N–H and O–H groups in total. The van der Waals surface area contributed by atoms with Gasteiger partial charge in [-0.15, -0.1) is 0 Å². The lowest BCUT2D eigenvalue weighted by Crippen LogP contribution is -2.47. The number of Topliss-reactive ketones (excluding diaryl/α,β-unsaturated/α-hetero) is 1. The van der Waals surface area contributed by atoms with Crippen LogP contribution in [-0.4, -0.2) is 50.2 Å². The van der Waals surface area contributed by atoms with Gasteiger partial charge in [-0.1, -0.05) is 12.1 Å². The van der Waals surface area contributed by atoms with Crippen LogP contribution in [0.1, 0.15) is 25.3 Å². The molecule has 1 saturated heterocycles. The highest BCUT2D eigenvalue weighted by atomic mass is 32.2. The molecular formula is C21H23F3N6O3S. The Labute approximate surface area is 197 Å². The molecular weight excluding hydrogens is 473 g/mol. The number of benzene rings is 1. The van der Waals surface area contributed by atoms with Crippen molar-refractivity contribution in [2.24, 2.45) is 0 Å². The largest absolute Gasteiger partial charge is 0.588 e. The molecule has 2 heterocycles. The average molecular weight is 497 g/mol. The number of ketones is 1. The highest BCUT2D eigenvalue weighted by Gasteiger charge is 2.36. The van der Waals surface area contributed by atoms with Gasteiger partial charge in [0.05, 0.1) is 17.0 Å². The summed E-state index contributed by atoms with van der Waals surface area (Å²) in [5.74, 6) is -1.76. The van der Waals surface area contributed by atoms with E-state index >= 15 is 0 Å². The zero-order valence-electron chi connectivity index (χ0n) is 18.2. The number of rotatable bonds is 8. The third kappa shape index (κ3) is 6.38. The third-order valence-electron chi connectivity index (χ3n) is 4.98. The van der Waals surface area contributed by atoms with Gasteiger partial charge in [-0.3, -0.25) is 9.59 Å². The first-order valence-electron chi connectivity index (χ1n) is 10.2. The van der Waals surface area contributed by atoms with E-state index < -0.39 is 40.6 Å². The van der Waals surface area contributed by atoms with E-state index in [0.717, 1.165) is 5.41 Å². The summed E-state index contributed by atoms with van der Waals surface area (Å²) < 4.78 is 55.3. The first-order valence-corrected chi connectivity index (χ1v) is 11.5. The fraction of sp³-hybridized carbons (Fsp3) is 0.333. The van der Waals surface area contributed by atoms with Crippen LogP contribution in [-0.2, 0) is 27.1 Å². The summed E-state index contributed by atoms with van der Waals surface area (Å²) >= 11 is -1.64. The average Bonchev–Trinajstić information content (AvgIpc) is 2.79. The molecule has 182 valence electrons. The molecule has 0 aliphatic carbocycles. The summed E-state index contributed by atoms with van der Waals surface area (Å²) in [6, 6.07) is 5.93. The normalized spacial score (nSPS) is 17.0. The maximum Gasteiger partial charge on any atom is 0.421 e. The van der Waals surface area contributed by atoms with Crippen molar-refractivity contribution in [1.29, 1.82) is 0 Å². The lowest BCUT2D eigenvalue weighted by Gasteiger charge is -2.32. The molecule has 1 aromatic carbocycles. The molecule has 1 unspecified atom stereocenters. The van der Waals surface area contributed by atoms with Crippen molar-refractivity contribution in [1.82, 2.24) is 14.9 Å². The molecule has 0 spiro atoms. The number of hydrogen-bond donors (Lipinski definition) is 3. The van der Waals surface area contributed by atoms with Gasteiger partial charge in [-0.2, -0.15) is 18.2 Å². The number of anilines is 4. The van der Waals surface area contributed by atoms with Gasteiger partial charge in [-0.25, -0.2) is 9.71 Å². The van der Waals surface area contributed by atoms with E-state index in [0.29, 0.717) is 25.6 Å². The number of carbonyl (C=O) groups excluding carboxylic acids is 2. The Balaban J connectivity index is 1.86. The predicted octanol–water partition coefficient (Wildman–Crippen LogP) is 3.45. The number of nitrogens with one attached hydrogen (secondary N) is 3. The number of aromatic nitrogens is 2. The van der Waals surface area contributed by atoms with Crippen LogP contribution in [0.25, 0.3) is 0 Å². The second kappa shape index (κ2) is 10.7. The molecule has 9 nitrogen and oxygen atoms in total. The van der Waals surface area contributed by atoms with Crippen molar-refractivity contribution in [2.45, 2.75) is 32.0 Å². The number of alkyl halides is 3. The van der Waals surface area contributed by atoms with E-state index in [1.807, 2.05) is 0 Å². The van der Waals surface area contributed by atoms with Crippen molar-refractivity contribution in [3.63, 3.8) is 0 Å². The van der Waals surface area contributed by atoms with E-state index in [4.69, 9.17) is 0 Å². The zero-order chi connectivity index (χ0) is 24.9. The van der Waals surface area contributed by atoms with E-state index in [-0.39, 0.29) is 29.9 Å². The maximum atomic E-state index is 13.6. The molecule has 2 aromatic rings. The Hall–Kier alpha value is -3.32. The van der Waals surface area contributed by atoms with Gasteiger partial charge >= 0.3 is 6.18 Å². The zero-order valence-corrected chi connectivity index (χ0v) is 19.0. The number of para-hydroxylation sites is 2. The van der Waals surface area contributed by atoms with Crippen LogP contribution in [0.4, 0.5) is 36.3 Å². The van der Waals surface area contributed by atoms with Crippen LogP contribution in [0.15, 0.2) is 42.4 Å². The van der Waals surface area contributed by atoms with Gasteiger partial charge < -0.3 is 20.1 Å². The van der Waals surface area contributed by atoms with Gasteiger partial charge in [0, 0.05) is 32.3 Å². The van der Waals surface area contributed by atoms with Gasteiger partial charge in [-0.05, 0) is 31.6 Å². The molecule has 1 fully saturated rings. The first-order chi connectivity index (χ1) is 16.1. The van der Waals surface area contributed by atoms with Crippen molar-refractivity contribution < 1.29 is 27.3 Å². The third-order valence-corrected chi connectivity index (χ3v) is 5.70. The quantitative estimate of drug-likeness (QED) is 0.375. The van der Waals surface area contributed by atoms with Crippen molar-refractivity contribution >= 4 is 46.2 Å². The highest BCUT2D eigenvalue weighted by Crippen LogP contribution is 2.36. The number of hydrogen-bond acceptors (Lipinski definition) is 8. The maximum absolute atomic E-state index is 13.6. The molecule has 2 atom stereocenters. The van der Waals surface area contributed by atoms with Gasteiger partial charge in [0.2, 0.25) is 11.7 Å². The monoisotopic (exact) mass is 496 g/mol. The van der Waals surface area contributed by atoms with Crippen LogP contribution in [0, 0.1) is 0 Å². The number of likely N-dealkylation sites (tertiary alicyclic amines) is 1. The topological polar surface area (TPSA) is 122 Å². The van der Waals surface area contributed by atoms with E-state index in [9.17, 15) is 27.3 Å². The fourth-order valence-electron chi connectivity index (χ4n) is 3.40. The second-order valence-corrected chi connectivity index (χ2v) is 8.61.